The van der Waals surface area contributed by atoms with Gasteiger partial charge in [0.25, 0.3) is 0 Å². The second-order valence-corrected chi connectivity index (χ2v) is 6.04. The Morgan fingerprint density at radius 2 is 1.80 bits per heavy atom. The molecule has 1 aromatic rings. The van der Waals surface area contributed by atoms with Gasteiger partial charge < -0.3 is 5.73 Å². The lowest BCUT2D eigenvalue weighted by Crippen LogP contribution is -2.38. The minimum Gasteiger partial charge on any atom is -0.330 e. The van der Waals surface area contributed by atoms with Crippen LogP contribution in [0.2, 0.25) is 0 Å². The van der Waals surface area contributed by atoms with Gasteiger partial charge in [-0.05, 0) is 56.8 Å². The number of hydrogen-bond donors (Lipinski definition) is 1. The first kappa shape index (κ1) is 14.0. The summed E-state index contributed by atoms with van der Waals surface area (Å²) in [7, 11) is 0. The maximum atomic E-state index is 14.2. The van der Waals surface area contributed by atoms with Crippen LogP contribution in [-0.4, -0.2) is 24.0 Å². The van der Waals surface area contributed by atoms with Crippen molar-refractivity contribution in [2.75, 3.05) is 13.1 Å². The molecule has 2 nitrogen and oxygen atoms in total. The predicted octanol–water partition coefficient (Wildman–Crippen LogP) is 3.23. The first-order chi connectivity index (χ1) is 9.72. The summed E-state index contributed by atoms with van der Waals surface area (Å²) < 4.78 is 28.5. The fraction of sp³-hybridized carbons (Fsp3) is 0.625. The molecule has 2 unspecified atom stereocenters. The van der Waals surface area contributed by atoms with E-state index in [1.165, 1.54) is 18.2 Å². The molecular weight excluding hydrogens is 258 g/mol. The average Bonchev–Trinajstić information content (AvgIpc) is 3.24. The van der Waals surface area contributed by atoms with Gasteiger partial charge in [0.05, 0.1) is 0 Å². The lowest BCUT2D eigenvalue weighted by atomic mass is 9.88. The molecule has 2 atom stereocenters. The molecule has 2 N–H and O–H groups in total. The summed E-state index contributed by atoms with van der Waals surface area (Å²) in [6.07, 6.45) is 5.43. The minimum atomic E-state index is -0.430. The van der Waals surface area contributed by atoms with Crippen molar-refractivity contribution in [3.63, 3.8) is 0 Å². The molecule has 0 spiro atoms. The molecule has 110 valence electrons. The molecular formula is C16H22F2N2. The number of benzene rings is 1. The Morgan fingerprint density at radius 3 is 2.40 bits per heavy atom. The molecule has 1 aliphatic heterocycles. The van der Waals surface area contributed by atoms with E-state index in [9.17, 15) is 8.78 Å². The molecule has 4 heteroatoms. The zero-order valence-corrected chi connectivity index (χ0v) is 11.7. The van der Waals surface area contributed by atoms with Gasteiger partial charge >= 0.3 is 0 Å². The Balaban J connectivity index is 2.02. The van der Waals surface area contributed by atoms with E-state index in [4.69, 9.17) is 5.73 Å². The summed E-state index contributed by atoms with van der Waals surface area (Å²) in [4.78, 5) is 2.31. The number of nitrogens with two attached hydrogens (primary N) is 1. The zero-order valence-electron chi connectivity index (χ0n) is 11.7. The molecule has 20 heavy (non-hydrogen) atoms. The average molecular weight is 280 g/mol. The molecule has 1 saturated carbocycles. The first-order valence-corrected chi connectivity index (χ1v) is 7.62. The van der Waals surface area contributed by atoms with E-state index in [0.717, 1.165) is 38.6 Å². The summed E-state index contributed by atoms with van der Waals surface area (Å²) in [5, 5.41) is 0. The van der Waals surface area contributed by atoms with Gasteiger partial charge in [0, 0.05) is 17.6 Å². The van der Waals surface area contributed by atoms with Crippen molar-refractivity contribution in [1.29, 1.82) is 0 Å². The van der Waals surface area contributed by atoms with E-state index in [1.807, 2.05) is 0 Å². The van der Waals surface area contributed by atoms with Crippen molar-refractivity contribution >= 4 is 0 Å². The number of nitrogens with zero attached hydrogens (tertiary/aromatic N) is 1. The highest BCUT2D eigenvalue weighted by atomic mass is 19.1. The van der Waals surface area contributed by atoms with Crippen LogP contribution in [0.15, 0.2) is 18.2 Å². The third-order valence-corrected chi connectivity index (χ3v) is 4.66. The fourth-order valence-corrected chi connectivity index (χ4v) is 3.53. The molecule has 0 radical (unpaired) electrons. The molecule has 3 rings (SSSR count). The van der Waals surface area contributed by atoms with Gasteiger partial charge in [0.15, 0.2) is 0 Å². The summed E-state index contributed by atoms with van der Waals surface area (Å²) in [6, 6.07) is 4.45. The van der Waals surface area contributed by atoms with Crippen LogP contribution in [0.4, 0.5) is 8.78 Å². The van der Waals surface area contributed by atoms with E-state index < -0.39 is 11.6 Å². The fourth-order valence-electron chi connectivity index (χ4n) is 3.53. The van der Waals surface area contributed by atoms with Crippen LogP contribution in [0.1, 0.15) is 43.7 Å². The third kappa shape index (κ3) is 2.59. The number of rotatable bonds is 3. The highest BCUT2D eigenvalue weighted by Crippen LogP contribution is 2.43. The summed E-state index contributed by atoms with van der Waals surface area (Å²) in [5.74, 6) is -0.716. The van der Waals surface area contributed by atoms with Crippen molar-refractivity contribution in [3.8, 4) is 0 Å². The predicted molar refractivity (Wildman–Crippen MR) is 75.2 cm³/mol. The monoisotopic (exact) mass is 280 g/mol. The quantitative estimate of drug-likeness (QED) is 0.921. The molecule has 2 aliphatic rings. The van der Waals surface area contributed by atoms with E-state index in [1.54, 1.807) is 0 Å². The second kappa shape index (κ2) is 5.78. The lowest BCUT2D eigenvalue weighted by Gasteiger charge is -2.35. The molecule has 0 aromatic heterocycles. The van der Waals surface area contributed by atoms with Crippen LogP contribution in [0.5, 0.6) is 0 Å². The molecule has 2 fully saturated rings. The zero-order chi connectivity index (χ0) is 14.1. The highest BCUT2D eigenvalue weighted by Gasteiger charge is 2.40. The molecule has 1 heterocycles. The van der Waals surface area contributed by atoms with Crippen molar-refractivity contribution in [1.82, 2.24) is 4.90 Å². The molecule has 1 aromatic carbocycles. The van der Waals surface area contributed by atoms with Crippen LogP contribution in [-0.2, 0) is 0 Å². The van der Waals surface area contributed by atoms with E-state index in [2.05, 4.69) is 4.90 Å². The van der Waals surface area contributed by atoms with Crippen molar-refractivity contribution in [3.05, 3.63) is 35.4 Å². The van der Waals surface area contributed by atoms with Crippen molar-refractivity contribution in [2.45, 2.75) is 44.2 Å². The third-order valence-electron chi connectivity index (χ3n) is 4.66. The number of halogens is 2. The normalized spacial score (nSPS) is 28.4. The summed E-state index contributed by atoms with van der Waals surface area (Å²) in [6.45, 7) is 1.42. The van der Waals surface area contributed by atoms with Crippen molar-refractivity contribution < 1.29 is 8.78 Å². The molecule has 1 aliphatic carbocycles. The molecule has 1 saturated heterocycles. The van der Waals surface area contributed by atoms with Crippen LogP contribution in [0, 0.1) is 17.6 Å². The maximum Gasteiger partial charge on any atom is 0.130 e. The Morgan fingerprint density at radius 1 is 1.10 bits per heavy atom. The van der Waals surface area contributed by atoms with Gasteiger partial charge in [-0.25, -0.2) is 8.78 Å². The first-order valence-electron chi connectivity index (χ1n) is 7.62. The van der Waals surface area contributed by atoms with Crippen LogP contribution >= 0.6 is 0 Å². The Hall–Kier alpha value is -1.00. The number of likely N-dealkylation sites (tertiary alicyclic amines) is 1. The Kier molecular flexibility index (Phi) is 4.03. The van der Waals surface area contributed by atoms with E-state index >= 15 is 0 Å². The molecule has 0 amide bonds. The Labute approximate surface area is 118 Å². The second-order valence-electron chi connectivity index (χ2n) is 6.04. The van der Waals surface area contributed by atoms with Crippen LogP contribution in [0.3, 0.4) is 0 Å². The van der Waals surface area contributed by atoms with Crippen LogP contribution < -0.4 is 5.73 Å². The topological polar surface area (TPSA) is 29.3 Å². The maximum absolute atomic E-state index is 14.2. The van der Waals surface area contributed by atoms with Gasteiger partial charge in [-0.1, -0.05) is 12.5 Å². The van der Waals surface area contributed by atoms with Gasteiger partial charge in [-0.15, -0.1) is 0 Å². The van der Waals surface area contributed by atoms with Gasteiger partial charge in [-0.2, -0.15) is 0 Å². The SMILES string of the molecule is NCC1CCCCN(C2CC2)C1c1c(F)cccc1F. The summed E-state index contributed by atoms with van der Waals surface area (Å²) >= 11 is 0. The largest absolute Gasteiger partial charge is 0.330 e. The lowest BCUT2D eigenvalue weighted by molar-refractivity contribution is 0.141. The smallest absolute Gasteiger partial charge is 0.130 e. The van der Waals surface area contributed by atoms with E-state index in [-0.39, 0.29) is 17.5 Å². The number of hydrogen-bond acceptors (Lipinski definition) is 2. The minimum absolute atomic E-state index is 0.143. The van der Waals surface area contributed by atoms with Gasteiger partial charge in [0.1, 0.15) is 11.6 Å². The van der Waals surface area contributed by atoms with Gasteiger partial charge in [-0.3, -0.25) is 4.90 Å². The van der Waals surface area contributed by atoms with Crippen LogP contribution in [0.25, 0.3) is 0 Å². The van der Waals surface area contributed by atoms with Crippen molar-refractivity contribution in [2.24, 2.45) is 11.7 Å². The highest BCUT2D eigenvalue weighted by molar-refractivity contribution is 5.25. The Bertz CT molecular complexity index is 453. The van der Waals surface area contributed by atoms with Gasteiger partial charge in [0.2, 0.25) is 0 Å². The standard InChI is InChI=1S/C16H22F2N2/c17-13-5-3-6-14(18)15(13)16-11(10-19)4-1-2-9-20(16)12-7-8-12/h3,5-6,11-12,16H,1-2,4,7-10,19H2. The van der Waals surface area contributed by atoms with E-state index in [0.29, 0.717) is 12.6 Å². The molecule has 0 bridgehead atoms. The summed E-state index contributed by atoms with van der Waals surface area (Å²) in [5.41, 5.74) is 6.14.